The summed E-state index contributed by atoms with van der Waals surface area (Å²) in [7, 11) is -0.900. The van der Waals surface area contributed by atoms with Crippen LogP contribution in [-0.2, 0) is 15.0 Å². The molecule has 0 saturated heterocycles. The molecular formula is C8H18N2O3S. The molecule has 6 heteroatoms. The Morgan fingerprint density at radius 2 is 1.71 bits per heavy atom. The second-order valence-electron chi connectivity index (χ2n) is 4.55. The lowest BCUT2D eigenvalue weighted by Crippen LogP contribution is -2.40. The zero-order chi connectivity index (χ0) is 11.6. The van der Waals surface area contributed by atoms with E-state index in [4.69, 9.17) is 0 Å². The molecule has 0 atom stereocenters. The summed E-state index contributed by atoms with van der Waals surface area (Å²) in [6.45, 7) is 5.61. The highest BCUT2D eigenvalue weighted by atomic mass is 32.2. The maximum absolute atomic E-state index is 11.3. The van der Waals surface area contributed by atoms with Crippen LogP contribution < -0.4 is 4.72 Å². The van der Waals surface area contributed by atoms with Gasteiger partial charge in [-0.25, -0.2) is 4.72 Å². The van der Waals surface area contributed by atoms with Crippen LogP contribution in [-0.4, -0.2) is 32.7 Å². The van der Waals surface area contributed by atoms with E-state index in [2.05, 4.69) is 0 Å². The highest BCUT2D eigenvalue weighted by Crippen LogP contribution is 2.17. The minimum atomic E-state index is -3.64. The molecule has 0 aromatic carbocycles. The van der Waals surface area contributed by atoms with Gasteiger partial charge in [0.1, 0.15) is 0 Å². The standard InChI is InChI=1S/C8H18N2O3S/c1-8(2,3)6-7(11)9-14(12,13)10(4)5/h6H2,1-5H3,(H,9,11). The first-order valence-electron chi connectivity index (χ1n) is 4.28. The van der Waals surface area contributed by atoms with Crippen molar-refractivity contribution in [3.05, 3.63) is 0 Å². The molecule has 1 N–H and O–H groups in total. The second kappa shape index (κ2) is 4.27. The summed E-state index contributed by atoms with van der Waals surface area (Å²) in [5, 5.41) is 0. The fourth-order valence-corrected chi connectivity index (χ4v) is 1.30. The van der Waals surface area contributed by atoms with Gasteiger partial charge in [-0.05, 0) is 5.41 Å². The topological polar surface area (TPSA) is 66.5 Å². The minimum Gasteiger partial charge on any atom is -0.274 e. The molecule has 0 aromatic rings. The van der Waals surface area contributed by atoms with Gasteiger partial charge in [0.25, 0.3) is 0 Å². The molecule has 0 rings (SSSR count). The van der Waals surface area contributed by atoms with Gasteiger partial charge in [-0.2, -0.15) is 12.7 Å². The van der Waals surface area contributed by atoms with Gasteiger partial charge in [0.15, 0.2) is 0 Å². The molecule has 0 spiro atoms. The first-order valence-corrected chi connectivity index (χ1v) is 5.72. The zero-order valence-corrected chi connectivity index (χ0v) is 10.1. The number of rotatable bonds is 3. The third kappa shape index (κ3) is 5.18. The van der Waals surface area contributed by atoms with Crippen molar-refractivity contribution in [2.24, 2.45) is 5.41 Å². The molecule has 0 bridgehead atoms. The number of hydrogen-bond donors (Lipinski definition) is 1. The molecule has 84 valence electrons. The number of amides is 1. The van der Waals surface area contributed by atoms with Crippen molar-refractivity contribution in [2.45, 2.75) is 27.2 Å². The van der Waals surface area contributed by atoms with E-state index in [0.29, 0.717) is 0 Å². The van der Waals surface area contributed by atoms with E-state index in [9.17, 15) is 13.2 Å². The Morgan fingerprint density at radius 1 is 1.29 bits per heavy atom. The van der Waals surface area contributed by atoms with Gasteiger partial charge in [-0.3, -0.25) is 4.79 Å². The van der Waals surface area contributed by atoms with E-state index in [-0.39, 0.29) is 11.8 Å². The first kappa shape index (κ1) is 13.4. The molecule has 0 aromatic heterocycles. The summed E-state index contributed by atoms with van der Waals surface area (Å²) in [5.41, 5.74) is -0.216. The molecule has 0 radical (unpaired) electrons. The summed E-state index contributed by atoms with van der Waals surface area (Å²) in [6.07, 6.45) is 0.181. The van der Waals surface area contributed by atoms with Crippen LogP contribution in [0, 0.1) is 5.41 Å². The molecule has 0 fully saturated rings. The molecule has 0 heterocycles. The van der Waals surface area contributed by atoms with Crippen molar-refractivity contribution in [3.63, 3.8) is 0 Å². The largest absolute Gasteiger partial charge is 0.303 e. The van der Waals surface area contributed by atoms with Gasteiger partial charge in [-0.1, -0.05) is 20.8 Å². The molecule has 0 saturated carbocycles. The van der Waals surface area contributed by atoms with Gasteiger partial charge < -0.3 is 0 Å². The van der Waals surface area contributed by atoms with E-state index in [1.165, 1.54) is 14.1 Å². The number of carbonyl (C=O) groups excluding carboxylic acids is 1. The lowest BCUT2D eigenvalue weighted by molar-refractivity contribution is -0.121. The Morgan fingerprint density at radius 3 is 2.00 bits per heavy atom. The number of hydrogen-bond acceptors (Lipinski definition) is 3. The van der Waals surface area contributed by atoms with Crippen LogP contribution in [0.5, 0.6) is 0 Å². The third-order valence-corrected chi connectivity index (χ3v) is 2.86. The molecule has 14 heavy (non-hydrogen) atoms. The Bertz CT molecular complexity index is 301. The number of nitrogens with zero attached hydrogens (tertiary/aromatic N) is 1. The first-order chi connectivity index (χ1) is 6.04. The summed E-state index contributed by atoms with van der Waals surface area (Å²) >= 11 is 0. The summed E-state index contributed by atoms with van der Waals surface area (Å²) in [6, 6.07) is 0. The van der Waals surface area contributed by atoms with Crippen molar-refractivity contribution >= 4 is 16.1 Å². The van der Waals surface area contributed by atoms with Crippen LogP contribution in [0.2, 0.25) is 0 Å². The van der Waals surface area contributed by atoms with Gasteiger partial charge >= 0.3 is 10.2 Å². The minimum absolute atomic E-state index is 0.181. The Kier molecular flexibility index (Phi) is 4.08. The number of nitrogens with one attached hydrogen (secondary N) is 1. The van der Waals surface area contributed by atoms with Gasteiger partial charge in [-0.15, -0.1) is 0 Å². The van der Waals surface area contributed by atoms with Crippen LogP contribution >= 0.6 is 0 Å². The predicted molar refractivity (Wildman–Crippen MR) is 54.8 cm³/mol. The molecule has 0 aliphatic rings. The number of carbonyl (C=O) groups is 1. The molecule has 5 nitrogen and oxygen atoms in total. The smallest absolute Gasteiger partial charge is 0.274 e. The Hall–Kier alpha value is -0.620. The molecule has 0 unspecified atom stereocenters. The van der Waals surface area contributed by atoms with Crippen molar-refractivity contribution in [3.8, 4) is 0 Å². The van der Waals surface area contributed by atoms with E-state index >= 15 is 0 Å². The Balaban J connectivity index is 4.36. The quantitative estimate of drug-likeness (QED) is 0.749. The molecule has 1 amide bonds. The van der Waals surface area contributed by atoms with E-state index < -0.39 is 16.1 Å². The van der Waals surface area contributed by atoms with Crippen LogP contribution in [0.25, 0.3) is 0 Å². The van der Waals surface area contributed by atoms with E-state index in [0.717, 1.165) is 4.31 Å². The van der Waals surface area contributed by atoms with Crippen molar-refractivity contribution in [1.82, 2.24) is 9.03 Å². The highest BCUT2D eigenvalue weighted by molar-refractivity contribution is 7.87. The second-order valence-corrected chi connectivity index (χ2v) is 6.43. The fourth-order valence-electron chi connectivity index (χ4n) is 0.753. The SMILES string of the molecule is CN(C)S(=O)(=O)NC(=O)CC(C)(C)C. The maximum Gasteiger partial charge on any atom is 0.303 e. The molecule has 0 aliphatic heterocycles. The lowest BCUT2D eigenvalue weighted by atomic mass is 9.92. The van der Waals surface area contributed by atoms with Crippen molar-refractivity contribution < 1.29 is 13.2 Å². The highest BCUT2D eigenvalue weighted by Gasteiger charge is 2.21. The van der Waals surface area contributed by atoms with Gasteiger partial charge in [0.05, 0.1) is 0 Å². The van der Waals surface area contributed by atoms with E-state index in [1.54, 1.807) is 0 Å². The average molecular weight is 222 g/mol. The van der Waals surface area contributed by atoms with Crippen LogP contribution in [0.3, 0.4) is 0 Å². The van der Waals surface area contributed by atoms with Gasteiger partial charge in [0, 0.05) is 20.5 Å². The monoisotopic (exact) mass is 222 g/mol. The Labute approximate surface area is 85.7 Å². The average Bonchev–Trinajstić information content (AvgIpc) is 1.79. The fraction of sp³-hybridized carbons (Fsp3) is 0.875. The summed E-state index contributed by atoms with van der Waals surface area (Å²) < 4.78 is 25.4. The van der Waals surface area contributed by atoms with Crippen LogP contribution in [0.15, 0.2) is 0 Å². The molecular weight excluding hydrogens is 204 g/mol. The third-order valence-electron chi connectivity index (χ3n) is 1.41. The van der Waals surface area contributed by atoms with E-state index in [1.807, 2.05) is 25.5 Å². The predicted octanol–water partition coefficient (Wildman–Crippen LogP) is 0.345. The zero-order valence-electron chi connectivity index (χ0n) is 9.29. The lowest BCUT2D eigenvalue weighted by Gasteiger charge is -2.18. The van der Waals surface area contributed by atoms with Crippen LogP contribution in [0.1, 0.15) is 27.2 Å². The van der Waals surface area contributed by atoms with Crippen molar-refractivity contribution in [2.75, 3.05) is 14.1 Å². The molecule has 0 aliphatic carbocycles. The van der Waals surface area contributed by atoms with Crippen LogP contribution in [0.4, 0.5) is 0 Å². The van der Waals surface area contributed by atoms with Gasteiger partial charge in [0.2, 0.25) is 5.91 Å². The summed E-state index contributed by atoms with van der Waals surface area (Å²) in [5.74, 6) is -0.480. The van der Waals surface area contributed by atoms with Crippen molar-refractivity contribution in [1.29, 1.82) is 0 Å². The summed E-state index contributed by atoms with van der Waals surface area (Å²) in [4.78, 5) is 11.3. The normalized spacial score (nSPS) is 13.0. The maximum atomic E-state index is 11.3.